The normalized spacial score (nSPS) is 14.1. The Morgan fingerprint density at radius 1 is 1.39 bits per heavy atom. The fourth-order valence-corrected chi connectivity index (χ4v) is 1.70. The molecule has 0 radical (unpaired) electrons. The second kappa shape index (κ2) is 5.08. The van der Waals surface area contributed by atoms with Crippen molar-refractivity contribution in [2.24, 2.45) is 0 Å². The number of aromatic carboxylic acids is 1. The van der Waals surface area contributed by atoms with Crippen LogP contribution < -0.4 is 10.6 Å². The summed E-state index contributed by atoms with van der Waals surface area (Å²) in [4.78, 5) is 22.3. The molecule has 1 saturated carbocycles. The first-order valence-electron chi connectivity index (χ1n) is 5.93. The molecular weight excluding hydrogens is 232 g/mol. The molecule has 1 aromatic rings. The smallest absolute Gasteiger partial charge is 0.335 e. The van der Waals surface area contributed by atoms with Gasteiger partial charge in [-0.1, -0.05) is 0 Å². The van der Waals surface area contributed by atoms with Crippen LogP contribution in [0.3, 0.4) is 0 Å². The molecule has 1 amide bonds. The predicted octanol–water partition coefficient (Wildman–Crippen LogP) is 1.38. The van der Waals surface area contributed by atoms with Crippen molar-refractivity contribution < 1.29 is 14.7 Å². The van der Waals surface area contributed by atoms with Gasteiger partial charge in [-0.2, -0.15) is 0 Å². The average Bonchev–Trinajstić information content (AvgIpc) is 3.10. The lowest BCUT2D eigenvalue weighted by Gasteiger charge is -2.09. The first-order valence-corrected chi connectivity index (χ1v) is 5.93. The van der Waals surface area contributed by atoms with Crippen molar-refractivity contribution in [2.75, 3.05) is 11.9 Å². The van der Waals surface area contributed by atoms with Gasteiger partial charge in [0.05, 0.1) is 12.1 Å². The summed E-state index contributed by atoms with van der Waals surface area (Å²) in [5, 5.41) is 14.7. The molecule has 0 bridgehead atoms. The van der Waals surface area contributed by atoms with Gasteiger partial charge in [0.25, 0.3) is 0 Å². The second-order valence-corrected chi connectivity index (χ2v) is 4.53. The van der Waals surface area contributed by atoms with Gasteiger partial charge in [0.15, 0.2) is 0 Å². The second-order valence-electron chi connectivity index (χ2n) is 4.53. The van der Waals surface area contributed by atoms with Gasteiger partial charge in [0, 0.05) is 11.7 Å². The highest BCUT2D eigenvalue weighted by Gasteiger charge is 2.22. The van der Waals surface area contributed by atoms with Gasteiger partial charge >= 0.3 is 5.97 Å². The van der Waals surface area contributed by atoms with Crippen molar-refractivity contribution in [3.05, 3.63) is 29.3 Å². The predicted molar refractivity (Wildman–Crippen MR) is 67.8 cm³/mol. The van der Waals surface area contributed by atoms with Crippen LogP contribution in [-0.4, -0.2) is 29.6 Å². The Morgan fingerprint density at radius 3 is 2.67 bits per heavy atom. The van der Waals surface area contributed by atoms with Crippen molar-refractivity contribution in [2.45, 2.75) is 25.8 Å². The molecule has 1 aliphatic rings. The van der Waals surface area contributed by atoms with Crippen molar-refractivity contribution in [1.29, 1.82) is 0 Å². The highest BCUT2D eigenvalue weighted by molar-refractivity contribution is 5.90. The van der Waals surface area contributed by atoms with Crippen LogP contribution in [0.1, 0.15) is 28.8 Å². The van der Waals surface area contributed by atoms with Crippen molar-refractivity contribution >= 4 is 17.6 Å². The summed E-state index contributed by atoms with van der Waals surface area (Å²) in [6, 6.07) is 5.29. The van der Waals surface area contributed by atoms with Gasteiger partial charge < -0.3 is 15.7 Å². The number of benzene rings is 1. The molecular formula is C13H16N2O3. The number of carboxylic acids is 1. The lowest BCUT2D eigenvalue weighted by atomic mass is 10.1. The molecule has 0 atom stereocenters. The SMILES string of the molecule is Cc1cc(NCC(=O)NC2CC2)ccc1C(=O)O. The fraction of sp³-hybridized carbons (Fsp3) is 0.385. The molecule has 0 spiro atoms. The molecule has 96 valence electrons. The molecule has 5 nitrogen and oxygen atoms in total. The number of anilines is 1. The number of carboxylic acid groups (broad SMARTS) is 1. The quantitative estimate of drug-likeness (QED) is 0.735. The minimum atomic E-state index is -0.939. The van der Waals surface area contributed by atoms with Crippen LogP contribution in [0.2, 0.25) is 0 Å². The lowest BCUT2D eigenvalue weighted by Crippen LogP contribution is -2.31. The van der Waals surface area contributed by atoms with E-state index in [1.165, 1.54) is 0 Å². The van der Waals surface area contributed by atoms with Crippen LogP contribution >= 0.6 is 0 Å². The van der Waals surface area contributed by atoms with Crippen LogP contribution in [0.5, 0.6) is 0 Å². The third-order valence-electron chi connectivity index (χ3n) is 2.85. The van der Waals surface area contributed by atoms with E-state index in [-0.39, 0.29) is 18.0 Å². The number of carbonyl (C=O) groups is 2. The third-order valence-corrected chi connectivity index (χ3v) is 2.85. The van der Waals surface area contributed by atoms with E-state index in [0.29, 0.717) is 11.6 Å². The number of carbonyl (C=O) groups excluding carboxylic acids is 1. The average molecular weight is 248 g/mol. The van der Waals surface area contributed by atoms with Crippen LogP contribution in [0.15, 0.2) is 18.2 Å². The number of amides is 1. The molecule has 0 unspecified atom stereocenters. The minimum absolute atomic E-state index is 0.0301. The summed E-state index contributed by atoms with van der Waals surface area (Å²) in [5.74, 6) is -0.969. The molecule has 0 saturated heterocycles. The zero-order chi connectivity index (χ0) is 13.1. The highest BCUT2D eigenvalue weighted by Crippen LogP contribution is 2.18. The third kappa shape index (κ3) is 3.23. The van der Waals surface area contributed by atoms with E-state index >= 15 is 0 Å². The van der Waals surface area contributed by atoms with Gasteiger partial charge in [-0.3, -0.25) is 4.79 Å². The summed E-state index contributed by atoms with van der Waals surface area (Å²) in [6.07, 6.45) is 2.14. The summed E-state index contributed by atoms with van der Waals surface area (Å²) < 4.78 is 0. The molecule has 1 aliphatic carbocycles. The maximum absolute atomic E-state index is 11.5. The van der Waals surface area contributed by atoms with E-state index in [9.17, 15) is 9.59 Å². The number of nitrogens with one attached hydrogen (secondary N) is 2. The summed E-state index contributed by atoms with van der Waals surface area (Å²) in [5.41, 5.74) is 1.71. The number of rotatable bonds is 5. The summed E-state index contributed by atoms with van der Waals surface area (Å²) >= 11 is 0. The van der Waals surface area contributed by atoms with Crippen LogP contribution in [0, 0.1) is 6.92 Å². The van der Waals surface area contributed by atoms with E-state index in [2.05, 4.69) is 10.6 Å². The first-order chi connectivity index (χ1) is 8.56. The Labute approximate surface area is 105 Å². The first kappa shape index (κ1) is 12.4. The van der Waals surface area contributed by atoms with Crippen molar-refractivity contribution in [1.82, 2.24) is 5.32 Å². The molecule has 1 aromatic carbocycles. The minimum Gasteiger partial charge on any atom is -0.478 e. The Bertz CT molecular complexity index is 481. The van der Waals surface area contributed by atoms with Gasteiger partial charge in [-0.05, 0) is 43.5 Å². The Balaban J connectivity index is 1.90. The van der Waals surface area contributed by atoms with E-state index < -0.39 is 5.97 Å². The molecule has 3 N–H and O–H groups in total. The zero-order valence-corrected chi connectivity index (χ0v) is 10.2. The summed E-state index contributed by atoms with van der Waals surface area (Å²) in [7, 11) is 0. The molecule has 0 aliphatic heterocycles. The maximum Gasteiger partial charge on any atom is 0.335 e. The Hall–Kier alpha value is -2.04. The van der Waals surface area contributed by atoms with E-state index in [1.54, 1.807) is 25.1 Å². The molecule has 2 rings (SSSR count). The number of aryl methyl sites for hydroxylation is 1. The Morgan fingerprint density at radius 2 is 2.11 bits per heavy atom. The molecule has 0 aromatic heterocycles. The molecule has 1 fully saturated rings. The van der Waals surface area contributed by atoms with E-state index in [4.69, 9.17) is 5.11 Å². The molecule has 5 heteroatoms. The van der Waals surface area contributed by atoms with Crippen molar-refractivity contribution in [3.63, 3.8) is 0 Å². The number of hydrogen-bond acceptors (Lipinski definition) is 3. The van der Waals surface area contributed by atoms with E-state index in [1.807, 2.05) is 0 Å². The highest BCUT2D eigenvalue weighted by atomic mass is 16.4. The van der Waals surface area contributed by atoms with Gasteiger partial charge in [0.1, 0.15) is 0 Å². The van der Waals surface area contributed by atoms with Crippen LogP contribution in [0.25, 0.3) is 0 Å². The van der Waals surface area contributed by atoms with Crippen LogP contribution in [0.4, 0.5) is 5.69 Å². The van der Waals surface area contributed by atoms with Crippen molar-refractivity contribution in [3.8, 4) is 0 Å². The molecule has 18 heavy (non-hydrogen) atoms. The lowest BCUT2D eigenvalue weighted by molar-refractivity contribution is -0.119. The van der Waals surface area contributed by atoms with Crippen LogP contribution in [-0.2, 0) is 4.79 Å². The van der Waals surface area contributed by atoms with Gasteiger partial charge in [-0.25, -0.2) is 4.79 Å². The largest absolute Gasteiger partial charge is 0.478 e. The monoisotopic (exact) mass is 248 g/mol. The molecule has 0 heterocycles. The van der Waals surface area contributed by atoms with E-state index in [0.717, 1.165) is 18.5 Å². The van der Waals surface area contributed by atoms with Gasteiger partial charge in [0.2, 0.25) is 5.91 Å². The fourth-order valence-electron chi connectivity index (χ4n) is 1.70. The number of hydrogen-bond donors (Lipinski definition) is 3. The Kier molecular flexibility index (Phi) is 3.50. The topological polar surface area (TPSA) is 78.4 Å². The maximum atomic E-state index is 11.5. The zero-order valence-electron chi connectivity index (χ0n) is 10.2. The summed E-state index contributed by atoms with van der Waals surface area (Å²) in [6.45, 7) is 1.95. The standard InChI is InChI=1S/C13H16N2O3/c1-8-6-10(4-5-11(8)13(17)18)14-7-12(16)15-9-2-3-9/h4-6,9,14H,2-3,7H2,1H3,(H,15,16)(H,17,18). The van der Waals surface area contributed by atoms with Gasteiger partial charge in [-0.15, -0.1) is 0 Å².